The fraction of sp³-hybridized carbons (Fsp3) is 0.300. The largest absolute Gasteiger partial charge is 0.340 e. The van der Waals surface area contributed by atoms with Gasteiger partial charge in [-0.3, -0.25) is 9.69 Å². The van der Waals surface area contributed by atoms with Gasteiger partial charge in [-0.25, -0.2) is 4.98 Å². The molecule has 3 aromatic rings. The van der Waals surface area contributed by atoms with Crippen LogP contribution in [0.25, 0.3) is 10.2 Å². The molecule has 1 heterocycles. The molecular formula is C20H23ClN3OS+. The Morgan fingerprint density at radius 1 is 1.19 bits per heavy atom. The van der Waals surface area contributed by atoms with Gasteiger partial charge in [-0.05, 0) is 30.7 Å². The quantitative estimate of drug-likeness (QED) is 0.702. The number of anilines is 1. The first-order valence-corrected chi connectivity index (χ1v) is 9.88. The highest BCUT2D eigenvalue weighted by molar-refractivity contribution is 7.22. The highest BCUT2D eigenvalue weighted by atomic mass is 35.5. The van der Waals surface area contributed by atoms with Crippen LogP contribution in [-0.2, 0) is 0 Å². The molecule has 0 spiro atoms. The zero-order chi connectivity index (χ0) is 18.7. The van der Waals surface area contributed by atoms with Crippen molar-refractivity contribution in [2.45, 2.75) is 13.3 Å². The molecule has 0 aliphatic rings. The Labute approximate surface area is 163 Å². The number of hydrogen-bond acceptors (Lipinski definition) is 3. The summed E-state index contributed by atoms with van der Waals surface area (Å²) in [7, 11) is 4.22. The number of halogens is 1. The molecule has 0 aliphatic carbocycles. The lowest BCUT2D eigenvalue weighted by molar-refractivity contribution is -0.858. The molecule has 1 N–H and O–H groups in total. The molecule has 0 saturated heterocycles. The Morgan fingerprint density at radius 3 is 2.65 bits per heavy atom. The van der Waals surface area contributed by atoms with Crippen molar-refractivity contribution < 1.29 is 9.69 Å². The summed E-state index contributed by atoms with van der Waals surface area (Å²) in [5.41, 5.74) is 2.60. The summed E-state index contributed by atoms with van der Waals surface area (Å²) in [4.78, 5) is 21.1. The van der Waals surface area contributed by atoms with Gasteiger partial charge in [0.2, 0.25) is 0 Å². The van der Waals surface area contributed by atoms with E-state index >= 15 is 0 Å². The van der Waals surface area contributed by atoms with Crippen LogP contribution in [0.5, 0.6) is 0 Å². The number of nitrogens with one attached hydrogen (secondary N) is 1. The normalized spacial score (nSPS) is 11.3. The molecule has 26 heavy (non-hydrogen) atoms. The second-order valence-electron chi connectivity index (χ2n) is 6.67. The number of carbonyl (C=O) groups excluding carboxylic acids is 1. The lowest BCUT2D eigenvalue weighted by Gasteiger charge is -2.21. The number of aromatic nitrogens is 1. The summed E-state index contributed by atoms with van der Waals surface area (Å²) in [5.74, 6) is -0.0962. The maximum absolute atomic E-state index is 13.2. The summed E-state index contributed by atoms with van der Waals surface area (Å²) in [5, 5.41) is 1.20. The Balaban J connectivity index is 1.97. The van der Waals surface area contributed by atoms with Crippen molar-refractivity contribution in [1.82, 2.24) is 4.98 Å². The van der Waals surface area contributed by atoms with Crippen molar-refractivity contribution in [3.8, 4) is 0 Å². The van der Waals surface area contributed by atoms with E-state index in [1.165, 1.54) is 4.90 Å². The van der Waals surface area contributed by atoms with Crippen LogP contribution in [-0.4, -0.2) is 38.1 Å². The van der Waals surface area contributed by atoms with Crippen LogP contribution in [0.3, 0.4) is 0 Å². The minimum atomic E-state index is -0.0962. The number of nitrogens with zero attached hydrogens (tertiary/aromatic N) is 2. The number of carbonyl (C=O) groups is 1. The lowest BCUT2D eigenvalue weighted by Crippen LogP contribution is -3.05. The summed E-state index contributed by atoms with van der Waals surface area (Å²) in [6.07, 6.45) is 0.896. The van der Waals surface area contributed by atoms with Crippen LogP contribution in [0.2, 0.25) is 5.02 Å². The number of benzene rings is 2. The van der Waals surface area contributed by atoms with Crippen molar-refractivity contribution in [2.75, 3.05) is 32.1 Å². The van der Waals surface area contributed by atoms with Gasteiger partial charge in [-0.1, -0.05) is 47.2 Å². The average Bonchev–Trinajstić information content (AvgIpc) is 3.03. The third-order valence-corrected chi connectivity index (χ3v) is 5.62. The zero-order valence-corrected chi connectivity index (χ0v) is 16.8. The van der Waals surface area contributed by atoms with Gasteiger partial charge in [0.15, 0.2) is 5.13 Å². The van der Waals surface area contributed by atoms with Gasteiger partial charge in [0.1, 0.15) is 0 Å². The summed E-state index contributed by atoms with van der Waals surface area (Å²) >= 11 is 7.82. The molecule has 0 bridgehead atoms. The molecular weight excluding hydrogens is 366 g/mol. The molecule has 0 aliphatic heterocycles. The predicted octanol–water partition coefficient (Wildman–Crippen LogP) is 3.44. The predicted molar refractivity (Wildman–Crippen MR) is 110 cm³/mol. The smallest absolute Gasteiger partial charge is 0.261 e. The van der Waals surface area contributed by atoms with Crippen LogP contribution in [0.15, 0.2) is 42.5 Å². The number of para-hydroxylation sites is 1. The molecule has 2 aromatic carbocycles. The maximum Gasteiger partial charge on any atom is 0.261 e. The molecule has 1 amide bonds. The van der Waals surface area contributed by atoms with Crippen molar-refractivity contribution in [3.05, 3.63) is 58.6 Å². The third-order valence-electron chi connectivity index (χ3n) is 4.25. The van der Waals surface area contributed by atoms with Gasteiger partial charge in [0, 0.05) is 13.0 Å². The summed E-state index contributed by atoms with van der Waals surface area (Å²) in [6, 6.07) is 13.3. The topological polar surface area (TPSA) is 37.6 Å². The number of aryl methyl sites for hydroxylation is 1. The molecule has 4 nitrogen and oxygen atoms in total. The molecule has 0 unspecified atom stereocenters. The first kappa shape index (κ1) is 18.8. The minimum Gasteiger partial charge on any atom is -0.340 e. The van der Waals surface area contributed by atoms with Crippen LogP contribution in [0, 0.1) is 6.92 Å². The molecule has 3 rings (SSSR count). The fourth-order valence-corrected chi connectivity index (χ4v) is 4.13. The van der Waals surface area contributed by atoms with Crippen molar-refractivity contribution in [3.63, 3.8) is 0 Å². The average molecular weight is 389 g/mol. The van der Waals surface area contributed by atoms with E-state index in [9.17, 15) is 4.79 Å². The molecule has 0 fully saturated rings. The zero-order valence-electron chi connectivity index (χ0n) is 15.3. The Hall–Kier alpha value is -1.95. The van der Waals surface area contributed by atoms with E-state index in [0.29, 0.717) is 17.1 Å². The van der Waals surface area contributed by atoms with Crippen LogP contribution >= 0.6 is 22.9 Å². The van der Waals surface area contributed by atoms with E-state index in [1.807, 2.05) is 37.3 Å². The standard InChI is InChI=1S/C20H22ClN3OS/c1-14-8-6-11-17-18(14)22-20(26-17)24(13-7-12-23(2)3)19(25)15-9-4-5-10-16(15)21/h4-6,8-11H,7,12-13H2,1-3H3/p+1. The first-order chi connectivity index (χ1) is 12.5. The van der Waals surface area contributed by atoms with E-state index in [1.54, 1.807) is 28.4 Å². The number of quaternary nitrogens is 1. The van der Waals surface area contributed by atoms with E-state index in [4.69, 9.17) is 16.6 Å². The monoisotopic (exact) mass is 388 g/mol. The molecule has 136 valence electrons. The molecule has 0 saturated carbocycles. The first-order valence-electron chi connectivity index (χ1n) is 8.69. The Bertz CT molecular complexity index is 922. The van der Waals surface area contributed by atoms with Crippen molar-refractivity contribution in [1.29, 1.82) is 0 Å². The van der Waals surface area contributed by atoms with Gasteiger partial charge in [0.05, 0.1) is 41.4 Å². The molecule has 0 atom stereocenters. The van der Waals surface area contributed by atoms with E-state index < -0.39 is 0 Å². The highest BCUT2D eigenvalue weighted by Gasteiger charge is 2.23. The summed E-state index contributed by atoms with van der Waals surface area (Å²) < 4.78 is 1.09. The molecule has 6 heteroatoms. The number of fused-ring (bicyclic) bond motifs is 1. The van der Waals surface area contributed by atoms with Gasteiger partial charge in [0.25, 0.3) is 5.91 Å². The van der Waals surface area contributed by atoms with Gasteiger partial charge >= 0.3 is 0 Å². The SMILES string of the molecule is Cc1cccc2sc(N(CCC[NH+](C)C)C(=O)c3ccccc3Cl)nc12. The summed E-state index contributed by atoms with van der Waals surface area (Å²) in [6.45, 7) is 3.64. The van der Waals surface area contributed by atoms with Gasteiger partial charge in [-0.15, -0.1) is 0 Å². The number of thiazole rings is 1. The van der Waals surface area contributed by atoms with Crippen LogP contribution < -0.4 is 9.80 Å². The highest BCUT2D eigenvalue weighted by Crippen LogP contribution is 2.32. The van der Waals surface area contributed by atoms with Crippen molar-refractivity contribution >= 4 is 44.2 Å². The Morgan fingerprint density at radius 2 is 1.96 bits per heavy atom. The number of rotatable bonds is 6. The third kappa shape index (κ3) is 4.06. The van der Waals surface area contributed by atoms with Gasteiger partial charge < -0.3 is 4.90 Å². The second kappa shape index (κ2) is 8.16. The molecule has 0 radical (unpaired) electrons. The van der Waals surface area contributed by atoms with Gasteiger partial charge in [-0.2, -0.15) is 0 Å². The van der Waals surface area contributed by atoms with Crippen LogP contribution in [0.1, 0.15) is 22.3 Å². The van der Waals surface area contributed by atoms with E-state index in [-0.39, 0.29) is 5.91 Å². The van der Waals surface area contributed by atoms with E-state index in [0.717, 1.165) is 33.9 Å². The van der Waals surface area contributed by atoms with Crippen LogP contribution in [0.4, 0.5) is 5.13 Å². The number of hydrogen-bond donors (Lipinski definition) is 1. The molecule has 1 aromatic heterocycles. The second-order valence-corrected chi connectivity index (χ2v) is 8.08. The number of amides is 1. The fourth-order valence-electron chi connectivity index (χ4n) is 2.84. The lowest BCUT2D eigenvalue weighted by atomic mass is 10.2. The van der Waals surface area contributed by atoms with E-state index in [2.05, 4.69) is 14.1 Å². The maximum atomic E-state index is 13.2. The minimum absolute atomic E-state index is 0.0962. The Kier molecular flexibility index (Phi) is 5.91. The van der Waals surface area contributed by atoms with Crippen molar-refractivity contribution in [2.24, 2.45) is 0 Å².